The number of rotatable bonds is 9. The number of carbonyl (C=O) groups excluding carboxylic acids is 2. The average molecular weight is 489 g/mol. The van der Waals surface area contributed by atoms with Gasteiger partial charge in [-0.3, -0.25) is 9.59 Å². The van der Waals surface area contributed by atoms with Crippen molar-refractivity contribution < 1.29 is 19.1 Å². The molecule has 2 atom stereocenters. The zero-order valence-corrected chi connectivity index (χ0v) is 19.8. The second-order valence-corrected chi connectivity index (χ2v) is 8.75. The monoisotopic (exact) mass is 488 g/mol. The number of aryl methyl sites for hydroxylation is 1. The minimum Gasteiger partial charge on any atom is -0.454 e. The van der Waals surface area contributed by atoms with E-state index in [-0.39, 0.29) is 24.6 Å². The molecule has 1 aliphatic heterocycles. The number of benzene rings is 2. The fraction of sp³-hybridized carbons (Fsp3) is 0.417. The molecule has 0 bridgehead atoms. The first kappa shape index (κ1) is 23.1. The van der Waals surface area contributed by atoms with Crippen molar-refractivity contribution in [3.63, 3.8) is 0 Å². The van der Waals surface area contributed by atoms with Crippen LogP contribution in [0.3, 0.4) is 0 Å². The summed E-state index contributed by atoms with van der Waals surface area (Å²) in [5.74, 6) is 1.23. The predicted octanol–water partition coefficient (Wildman–Crippen LogP) is 4.44. The fourth-order valence-corrected chi connectivity index (χ4v) is 3.82. The molecule has 1 heterocycles. The molecule has 0 saturated carbocycles. The number of hydrogen-bond acceptors (Lipinski definition) is 4. The Balaban J connectivity index is 1.72. The number of halogens is 1. The third-order valence-corrected chi connectivity index (χ3v) is 5.97. The number of fused-ring (bicyclic) bond motifs is 1. The number of hydrogen-bond donors (Lipinski definition) is 1. The Kier molecular flexibility index (Phi) is 7.96. The molecule has 6 nitrogen and oxygen atoms in total. The molecule has 0 saturated heterocycles. The summed E-state index contributed by atoms with van der Waals surface area (Å²) < 4.78 is 11.7. The Bertz CT molecular complexity index is 934. The number of amides is 2. The Morgan fingerprint density at radius 2 is 1.87 bits per heavy atom. The molecule has 0 radical (unpaired) electrons. The van der Waals surface area contributed by atoms with Crippen LogP contribution in [0.15, 0.2) is 46.9 Å². The van der Waals surface area contributed by atoms with Crippen LogP contribution in [0.1, 0.15) is 44.7 Å². The van der Waals surface area contributed by atoms with Crippen LogP contribution in [-0.2, 0) is 22.6 Å². The SMILES string of the molecule is CC[C@H](C)NC(=O)[C@@H](C)N(Cc1cccc(Br)c1)C(=O)CCc1ccc2c(c1)OCO2. The van der Waals surface area contributed by atoms with Gasteiger partial charge in [-0.05, 0) is 62.1 Å². The molecular weight excluding hydrogens is 460 g/mol. The van der Waals surface area contributed by atoms with Gasteiger partial charge in [-0.1, -0.05) is 41.1 Å². The van der Waals surface area contributed by atoms with E-state index in [0.717, 1.165) is 27.8 Å². The quantitative estimate of drug-likeness (QED) is 0.566. The summed E-state index contributed by atoms with van der Waals surface area (Å²) in [4.78, 5) is 27.7. The van der Waals surface area contributed by atoms with Crippen molar-refractivity contribution in [2.75, 3.05) is 6.79 Å². The second-order valence-electron chi connectivity index (χ2n) is 7.83. The predicted molar refractivity (Wildman–Crippen MR) is 123 cm³/mol. The molecule has 2 amide bonds. The lowest BCUT2D eigenvalue weighted by Crippen LogP contribution is -2.49. The van der Waals surface area contributed by atoms with E-state index in [9.17, 15) is 9.59 Å². The first-order valence-corrected chi connectivity index (χ1v) is 11.4. The number of nitrogens with one attached hydrogen (secondary N) is 1. The van der Waals surface area contributed by atoms with Gasteiger partial charge in [0.05, 0.1) is 0 Å². The van der Waals surface area contributed by atoms with Crippen LogP contribution in [0.25, 0.3) is 0 Å². The van der Waals surface area contributed by atoms with E-state index in [1.165, 1.54) is 0 Å². The van der Waals surface area contributed by atoms with Gasteiger partial charge in [-0.15, -0.1) is 0 Å². The summed E-state index contributed by atoms with van der Waals surface area (Å²) in [6, 6.07) is 13.0. The smallest absolute Gasteiger partial charge is 0.242 e. The van der Waals surface area contributed by atoms with Crippen molar-refractivity contribution in [3.05, 3.63) is 58.1 Å². The third-order valence-electron chi connectivity index (χ3n) is 5.47. The summed E-state index contributed by atoms with van der Waals surface area (Å²) in [5.41, 5.74) is 1.96. The third kappa shape index (κ3) is 6.23. The zero-order chi connectivity index (χ0) is 22.4. The topological polar surface area (TPSA) is 67.9 Å². The Morgan fingerprint density at radius 3 is 2.61 bits per heavy atom. The second kappa shape index (κ2) is 10.7. The van der Waals surface area contributed by atoms with Crippen molar-refractivity contribution in [3.8, 4) is 11.5 Å². The van der Waals surface area contributed by atoms with Crippen LogP contribution in [0.5, 0.6) is 11.5 Å². The maximum absolute atomic E-state index is 13.2. The number of nitrogens with zero attached hydrogens (tertiary/aromatic N) is 1. The first-order valence-electron chi connectivity index (χ1n) is 10.6. The van der Waals surface area contributed by atoms with E-state index < -0.39 is 6.04 Å². The highest BCUT2D eigenvalue weighted by Crippen LogP contribution is 2.32. The minimum absolute atomic E-state index is 0.0615. The minimum atomic E-state index is -0.572. The van der Waals surface area contributed by atoms with Gasteiger partial charge < -0.3 is 19.7 Å². The summed E-state index contributed by atoms with van der Waals surface area (Å²) in [7, 11) is 0. The highest BCUT2D eigenvalue weighted by molar-refractivity contribution is 9.10. The molecule has 0 fully saturated rings. The van der Waals surface area contributed by atoms with E-state index in [1.54, 1.807) is 11.8 Å². The van der Waals surface area contributed by atoms with E-state index >= 15 is 0 Å². The van der Waals surface area contributed by atoms with Gasteiger partial charge in [0.15, 0.2) is 11.5 Å². The molecule has 31 heavy (non-hydrogen) atoms. The van der Waals surface area contributed by atoms with Crippen LogP contribution in [-0.4, -0.2) is 35.6 Å². The highest BCUT2D eigenvalue weighted by atomic mass is 79.9. The van der Waals surface area contributed by atoms with Gasteiger partial charge in [-0.25, -0.2) is 0 Å². The Morgan fingerprint density at radius 1 is 1.10 bits per heavy atom. The van der Waals surface area contributed by atoms with Crippen molar-refractivity contribution in [2.24, 2.45) is 0 Å². The Labute approximate surface area is 192 Å². The van der Waals surface area contributed by atoms with Gasteiger partial charge >= 0.3 is 0 Å². The summed E-state index contributed by atoms with van der Waals surface area (Å²) in [6.07, 6.45) is 1.70. The molecular formula is C24H29BrN2O4. The van der Waals surface area contributed by atoms with Crippen molar-refractivity contribution in [2.45, 2.75) is 58.7 Å². The van der Waals surface area contributed by atoms with Crippen molar-refractivity contribution in [1.29, 1.82) is 0 Å². The summed E-state index contributed by atoms with van der Waals surface area (Å²) in [5, 5.41) is 2.99. The van der Waals surface area contributed by atoms with E-state index in [0.29, 0.717) is 25.1 Å². The molecule has 2 aromatic rings. The molecule has 0 aliphatic carbocycles. The van der Waals surface area contributed by atoms with Gasteiger partial charge in [0.1, 0.15) is 6.04 Å². The molecule has 0 spiro atoms. The maximum Gasteiger partial charge on any atom is 0.242 e. The molecule has 1 N–H and O–H groups in total. The molecule has 0 unspecified atom stereocenters. The van der Waals surface area contributed by atoms with Crippen LogP contribution in [0, 0.1) is 0 Å². The zero-order valence-electron chi connectivity index (χ0n) is 18.2. The lowest BCUT2D eigenvalue weighted by Gasteiger charge is -2.30. The van der Waals surface area contributed by atoms with Crippen molar-refractivity contribution >= 4 is 27.7 Å². The fourth-order valence-electron chi connectivity index (χ4n) is 3.37. The van der Waals surface area contributed by atoms with Gasteiger partial charge in [0.25, 0.3) is 0 Å². The van der Waals surface area contributed by atoms with Crippen molar-refractivity contribution in [1.82, 2.24) is 10.2 Å². The van der Waals surface area contributed by atoms with E-state index in [4.69, 9.17) is 9.47 Å². The lowest BCUT2D eigenvalue weighted by atomic mass is 10.1. The molecule has 2 aromatic carbocycles. The maximum atomic E-state index is 13.2. The summed E-state index contributed by atoms with van der Waals surface area (Å²) >= 11 is 3.48. The molecule has 0 aromatic heterocycles. The average Bonchev–Trinajstić information content (AvgIpc) is 3.23. The Hall–Kier alpha value is -2.54. The number of carbonyl (C=O) groups is 2. The largest absolute Gasteiger partial charge is 0.454 e. The van der Waals surface area contributed by atoms with E-state index in [2.05, 4.69) is 21.2 Å². The summed E-state index contributed by atoms with van der Waals surface area (Å²) in [6.45, 7) is 6.36. The normalized spacial score (nSPS) is 14.1. The molecule has 166 valence electrons. The van der Waals surface area contributed by atoms with Gasteiger partial charge in [0, 0.05) is 23.5 Å². The molecule has 1 aliphatic rings. The molecule has 7 heteroatoms. The van der Waals surface area contributed by atoms with E-state index in [1.807, 2.05) is 56.3 Å². The van der Waals surface area contributed by atoms with Gasteiger partial charge in [0.2, 0.25) is 18.6 Å². The van der Waals surface area contributed by atoms with Gasteiger partial charge in [-0.2, -0.15) is 0 Å². The standard InChI is InChI=1S/C24H29BrN2O4/c1-4-16(2)26-24(29)17(3)27(14-19-6-5-7-20(25)12-19)23(28)11-9-18-8-10-21-22(13-18)31-15-30-21/h5-8,10,12-13,16-17H,4,9,11,14-15H2,1-3H3,(H,26,29)/t16-,17+/m0/s1. The highest BCUT2D eigenvalue weighted by Gasteiger charge is 2.26. The van der Waals surface area contributed by atoms with Crippen LogP contribution in [0.2, 0.25) is 0 Å². The van der Waals surface area contributed by atoms with Crippen LogP contribution >= 0.6 is 15.9 Å². The molecule has 3 rings (SSSR count). The van der Waals surface area contributed by atoms with Crippen LogP contribution < -0.4 is 14.8 Å². The first-order chi connectivity index (χ1) is 14.9. The lowest BCUT2D eigenvalue weighted by molar-refractivity contribution is -0.140. The van der Waals surface area contributed by atoms with Crippen LogP contribution in [0.4, 0.5) is 0 Å². The number of ether oxygens (including phenoxy) is 2.